The Morgan fingerprint density at radius 3 is 2.74 bits per heavy atom. The highest BCUT2D eigenvalue weighted by Gasteiger charge is 2.35. The predicted molar refractivity (Wildman–Crippen MR) is 111 cm³/mol. The molecule has 0 saturated carbocycles. The van der Waals surface area contributed by atoms with Gasteiger partial charge in [0.2, 0.25) is 0 Å². The molecule has 27 heavy (non-hydrogen) atoms. The summed E-state index contributed by atoms with van der Waals surface area (Å²) in [5, 5.41) is 0. The fraction of sp³-hybridized carbons (Fsp3) is 0.348. The largest absolute Gasteiger partial charge is 0.497 e. The quantitative estimate of drug-likeness (QED) is 0.747. The van der Waals surface area contributed by atoms with E-state index in [1.807, 2.05) is 24.5 Å². The van der Waals surface area contributed by atoms with Gasteiger partial charge in [-0.15, -0.1) is 0 Å². The zero-order valence-corrected chi connectivity index (χ0v) is 16.6. The normalized spacial score (nSPS) is 16.5. The average molecular weight is 361 g/mol. The zero-order valence-electron chi connectivity index (χ0n) is 16.6. The van der Waals surface area contributed by atoms with Gasteiger partial charge in [0.25, 0.3) is 0 Å². The molecule has 1 aliphatic heterocycles. The molecule has 4 heteroatoms. The van der Waals surface area contributed by atoms with Crippen molar-refractivity contribution in [2.24, 2.45) is 5.92 Å². The Kier molecular flexibility index (Phi) is 4.75. The second kappa shape index (κ2) is 7.20. The lowest BCUT2D eigenvalue weighted by Gasteiger charge is -2.25. The van der Waals surface area contributed by atoms with E-state index in [1.54, 1.807) is 7.11 Å². The number of benzene rings is 1. The number of aromatic nitrogens is 1. The van der Waals surface area contributed by atoms with Crippen LogP contribution >= 0.6 is 0 Å². The van der Waals surface area contributed by atoms with Gasteiger partial charge < -0.3 is 14.5 Å². The minimum absolute atomic E-state index is 0.642. The van der Waals surface area contributed by atoms with Crippen LogP contribution in [0.4, 0.5) is 0 Å². The van der Waals surface area contributed by atoms with Crippen molar-refractivity contribution in [3.63, 3.8) is 0 Å². The number of ether oxygens (including phenoxy) is 1. The maximum absolute atomic E-state index is 5.36. The number of rotatable bonds is 7. The summed E-state index contributed by atoms with van der Waals surface area (Å²) < 4.78 is 5.36. The molecule has 0 bridgehead atoms. The summed E-state index contributed by atoms with van der Waals surface area (Å²) in [6.07, 6.45) is 6.22. The molecule has 0 amide bonds. The van der Waals surface area contributed by atoms with Crippen LogP contribution in [-0.4, -0.2) is 55.6 Å². The maximum atomic E-state index is 5.36. The number of hydrogen-bond donors (Lipinski definition) is 0. The molecule has 2 aromatic rings. The first-order valence-electron chi connectivity index (χ1n) is 9.50. The molecule has 1 aromatic heterocycles. The van der Waals surface area contributed by atoms with Gasteiger partial charge in [0.05, 0.1) is 7.11 Å². The Balaban J connectivity index is 1.52. The van der Waals surface area contributed by atoms with Crippen LogP contribution in [0.15, 0.2) is 60.1 Å². The number of allylic oxidation sites excluding steroid dienone is 2. The van der Waals surface area contributed by atoms with Gasteiger partial charge in [0, 0.05) is 48.9 Å². The molecule has 1 atom stereocenters. The van der Waals surface area contributed by atoms with Gasteiger partial charge in [-0.3, -0.25) is 4.98 Å². The van der Waals surface area contributed by atoms with Crippen LogP contribution in [0, 0.1) is 5.92 Å². The van der Waals surface area contributed by atoms with Crippen molar-refractivity contribution < 1.29 is 4.74 Å². The molecule has 1 aliphatic carbocycles. The lowest BCUT2D eigenvalue weighted by molar-refractivity contribution is 0.277. The van der Waals surface area contributed by atoms with E-state index in [2.05, 4.69) is 60.1 Å². The molecule has 1 unspecified atom stereocenters. The number of methoxy groups -OCH3 is 1. The molecule has 0 radical (unpaired) electrons. The average Bonchev–Trinajstić information content (AvgIpc) is 3.38. The summed E-state index contributed by atoms with van der Waals surface area (Å²) in [4.78, 5) is 9.29. The molecule has 0 spiro atoms. The van der Waals surface area contributed by atoms with E-state index in [9.17, 15) is 0 Å². The van der Waals surface area contributed by atoms with Gasteiger partial charge in [0.1, 0.15) is 5.75 Å². The van der Waals surface area contributed by atoms with Crippen molar-refractivity contribution in [1.29, 1.82) is 0 Å². The number of pyridine rings is 1. The molecule has 1 aromatic carbocycles. The molecule has 4 rings (SSSR count). The Morgan fingerprint density at radius 1 is 1.15 bits per heavy atom. The van der Waals surface area contributed by atoms with Gasteiger partial charge in [-0.25, -0.2) is 0 Å². The van der Waals surface area contributed by atoms with Crippen LogP contribution in [-0.2, 0) is 0 Å². The fourth-order valence-electron chi connectivity index (χ4n) is 4.00. The Bertz CT molecular complexity index is 913. The second-order valence-electron chi connectivity index (χ2n) is 7.86. The third-order valence-electron chi connectivity index (χ3n) is 5.19. The van der Waals surface area contributed by atoms with Gasteiger partial charge >= 0.3 is 0 Å². The monoisotopic (exact) mass is 361 g/mol. The smallest absolute Gasteiger partial charge is 0.119 e. The van der Waals surface area contributed by atoms with E-state index in [-0.39, 0.29) is 0 Å². The van der Waals surface area contributed by atoms with Gasteiger partial charge in [-0.2, -0.15) is 0 Å². The third kappa shape index (κ3) is 3.76. The Labute approximate surface area is 161 Å². The summed E-state index contributed by atoms with van der Waals surface area (Å²) in [6, 6.07) is 10.4. The van der Waals surface area contributed by atoms with Gasteiger partial charge in [-0.1, -0.05) is 19.1 Å². The molecule has 0 N–H and O–H groups in total. The molecular weight excluding hydrogens is 334 g/mol. The van der Waals surface area contributed by atoms with E-state index >= 15 is 0 Å². The first-order chi connectivity index (χ1) is 13.0. The predicted octanol–water partition coefficient (Wildman–Crippen LogP) is 3.92. The molecule has 140 valence electrons. The highest BCUT2D eigenvalue weighted by atomic mass is 16.5. The van der Waals surface area contributed by atoms with Crippen LogP contribution in [0.1, 0.15) is 12.5 Å². The standard InChI is InChI=1S/C23H27N3O/c1-16(13-25(2)3)14-26-15-22(21-10-23(21)26)19-8-18(11-24-12-19)17-6-5-7-20(9-17)27-4/h5-12,16H,13-15H2,1-4H3. The summed E-state index contributed by atoms with van der Waals surface area (Å²) in [5.41, 5.74) is 7.71. The van der Waals surface area contributed by atoms with Crippen LogP contribution in [0.2, 0.25) is 0 Å². The van der Waals surface area contributed by atoms with E-state index in [0.29, 0.717) is 5.92 Å². The van der Waals surface area contributed by atoms with Crippen molar-refractivity contribution >= 4 is 5.57 Å². The molecular formula is C23H27N3O. The molecule has 2 aliphatic rings. The zero-order chi connectivity index (χ0) is 19.0. The number of hydrogen-bond acceptors (Lipinski definition) is 4. The van der Waals surface area contributed by atoms with E-state index in [1.165, 1.54) is 22.4 Å². The van der Waals surface area contributed by atoms with E-state index < -0.39 is 0 Å². The second-order valence-corrected chi connectivity index (χ2v) is 7.86. The molecule has 4 nitrogen and oxygen atoms in total. The van der Waals surface area contributed by atoms with Crippen molar-refractivity contribution in [3.8, 4) is 16.9 Å². The number of fused-ring (bicyclic) bond motifs is 1. The van der Waals surface area contributed by atoms with Crippen molar-refractivity contribution in [2.45, 2.75) is 6.92 Å². The summed E-state index contributed by atoms with van der Waals surface area (Å²) in [7, 11) is 5.98. The van der Waals surface area contributed by atoms with Crippen molar-refractivity contribution in [1.82, 2.24) is 14.8 Å². The minimum atomic E-state index is 0.642. The molecule has 0 saturated heterocycles. The first-order valence-corrected chi connectivity index (χ1v) is 9.50. The minimum Gasteiger partial charge on any atom is -0.497 e. The van der Waals surface area contributed by atoms with Crippen LogP contribution < -0.4 is 4.74 Å². The highest BCUT2D eigenvalue weighted by Crippen LogP contribution is 2.45. The number of nitrogens with zero attached hydrogens (tertiary/aromatic N) is 3. The lowest BCUT2D eigenvalue weighted by Crippen LogP contribution is -2.30. The van der Waals surface area contributed by atoms with E-state index in [0.717, 1.165) is 36.5 Å². The van der Waals surface area contributed by atoms with Crippen LogP contribution in [0.25, 0.3) is 16.7 Å². The maximum Gasteiger partial charge on any atom is 0.119 e. The Hall–Kier alpha value is -2.59. The third-order valence-corrected chi connectivity index (χ3v) is 5.19. The fourth-order valence-corrected chi connectivity index (χ4v) is 4.00. The molecule has 2 heterocycles. The Morgan fingerprint density at radius 2 is 1.96 bits per heavy atom. The summed E-state index contributed by atoms with van der Waals surface area (Å²) in [5.74, 6) is 1.51. The molecule has 0 fully saturated rings. The van der Waals surface area contributed by atoms with Gasteiger partial charge in [-0.05, 0) is 61.0 Å². The SMILES string of the molecule is COc1cccc(-c2cncc(C3=C4C=C4N(CC(C)CN(C)C)C3)c2)c1. The van der Waals surface area contributed by atoms with E-state index in [4.69, 9.17) is 4.74 Å². The van der Waals surface area contributed by atoms with Gasteiger partial charge in [0.15, 0.2) is 0 Å². The summed E-state index contributed by atoms with van der Waals surface area (Å²) in [6.45, 7) is 5.52. The van der Waals surface area contributed by atoms with Crippen molar-refractivity contribution in [3.05, 3.63) is 65.6 Å². The highest BCUT2D eigenvalue weighted by molar-refractivity contribution is 5.87. The lowest BCUT2D eigenvalue weighted by atomic mass is 10.0. The van der Waals surface area contributed by atoms with Crippen LogP contribution in [0.5, 0.6) is 5.75 Å². The topological polar surface area (TPSA) is 28.6 Å². The first kappa shape index (κ1) is 17.8. The summed E-state index contributed by atoms with van der Waals surface area (Å²) >= 11 is 0. The van der Waals surface area contributed by atoms with Crippen LogP contribution in [0.3, 0.4) is 0 Å². The van der Waals surface area contributed by atoms with Crippen molar-refractivity contribution in [2.75, 3.05) is 40.8 Å².